The molecule has 0 saturated heterocycles. The van der Waals surface area contributed by atoms with Gasteiger partial charge in [0.2, 0.25) is 5.95 Å². The number of hydrogen-bond acceptors (Lipinski definition) is 8. The highest BCUT2D eigenvalue weighted by Crippen LogP contribution is 2.06. The number of aromatic nitrogens is 4. The largest absolute Gasteiger partial charge is 0.462 e. The Hall–Kier alpha value is -2.50. The molecule has 1 atom stereocenters. The lowest BCUT2D eigenvalue weighted by atomic mass is 10.1. The van der Waals surface area contributed by atoms with Crippen molar-refractivity contribution in [3.63, 3.8) is 0 Å². The van der Waals surface area contributed by atoms with Crippen molar-refractivity contribution in [2.45, 2.75) is 26.6 Å². The summed E-state index contributed by atoms with van der Waals surface area (Å²) in [6.07, 6.45) is 1.42. The summed E-state index contributed by atoms with van der Waals surface area (Å²) in [5.74, 6) is -0.450. The van der Waals surface area contributed by atoms with Gasteiger partial charge in [-0.15, -0.1) is 0 Å². The smallest absolute Gasteiger partial charge is 0.323 e. The highest BCUT2D eigenvalue weighted by Gasteiger charge is 2.18. The summed E-state index contributed by atoms with van der Waals surface area (Å²) in [7, 11) is 0. The maximum Gasteiger partial charge on any atom is 0.323 e. The molecule has 2 heterocycles. The number of nitrogens with two attached hydrogens (primary N) is 2. The van der Waals surface area contributed by atoms with Gasteiger partial charge in [0.25, 0.3) is 5.56 Å². The van der Waals surface area contributed by atoms with E-state index in [1.807, 2.05) is 13.8 Å². The van der Waals surface area contributed by atoms with Crippen molar-refractivity contribution in [3.8, 4) is 0 Å². The number of imidazole rings is 1. The van der Waals surface area contributed by atoms with E-state index in [9.17, 15) is 9.59 Å². The molecule has 0 amide bonds. The number of nitrogens with one attached hydrogen (secondary N) is 1. The fraction of sp³-hybridized carbons (Fsp3) is 0.538. The fourth-order valence-corrected chi connectivity index (χ4v) is 1.80. The van der Waals surface area contributed by atoms with Gasteiger partial charge in [0, 0.05) is 0 Å². The number of nitrogen functional groups attached to an aromatic ring is 1. The van der Waals surface area contributed by atoms with Crippen LogP contribution in [0.4, 0.5) is 5.95 Å². The average molecular weight is 342 g/mol. The molecule has 134 valence electrons. The minimum Gasteiger partial charge on any atom is -0.462 e. The van der Waals surface area contributed by atoms with Gasteiger partial charge in [-0.05, 0) is 5.92 Å². The van der Waals surface area contributed by atoms with E-state index in [2.05, 4.69) is 15.0 Å². The summed E-state index contributed by atoms with van der Waals surface area (Å²) in [5.41, 5.74) is 11.2. The number of anilines is 1. The summed E-state index contributed by atoms with van der Waals surface area (Å²) < 4.78 is 11.9. The number of carbonyl (C=O) groups excluding carboxylic acids is 1. The molecule has 0 aliphatic heterocycles. The predicted octanol–water partition coefficient (Wildman–Crippen LogP) is -1.62. The molecule has 2 rings (SSSR count). The second-order valence-corrected chi connectivity index (χ2v) is 5.31. The monoisotopic (exact) mass is 342 g/mol. The van der Waals surface area contributed by atoms with Gasteiger partial charge in [-0.2, -0.15) is 4.98 Å². The second kappa shape index (κ2) is 8.38. The Morgan fingerprint density at radius 1 is 1.42 bits per heavy atom. The summed E-state index contributed by atoms with van der Waals surface area (Å²) in [6.45, 7) is 4.04. The summed E-state index contributed by atoms with van der Waals surface area (Å²) in [6, 6.07) is -0.647. The van der Waals surface area contributed by atoms with E-state index in [0.717, 1.165) is 0 Å². The molecule has 0 aromatic carbocycles. The third-order valence-corrected chi connectivity index (χ3v) is 3.19. The van der Waals surface area contributed by atoms with Crippen LogP contribution in [0.1, 0.15) is 13.8 Å². The van der Waals surface area contributed by atoms with Gasteiger partial charge in [-0.1, -0.05) is 13.8 Å². The number of hydrogen-bond donors (Lipinski definition) is 3. The zero-order chi connectivity index (χ0) is 17.0. The fourth-order valence-electron chi connectivity index (χ4n) is 1.80. The van der Waals surface area contributed by atoms with Crippen LogP contribution >= 0.6 is 0 Å². The van der Waals surface area contributed by atoms with E-state index in [4.69, 9.17) is 20.9 Å². The van der Waals surface area contributed by atoms with Crippen LogP contribution in [-0.4, -0.2) is 50.2 Å². The molecule has 24 heavy (non-hydrogen) atoms. The summed E-state index contributed by atoms with van der Waals surface area (Å²) >= 11 is 0. The zero-order valence-corrected chi connectivity index (χ0v) is 13.5. The minimum atomic E-state index is -0.647. The maximum atomic E-state index is 11.6. The number of esters is 1. The van der Waals surface area contributed by atoms with E-state index >= 15 is 0 Å². The Morgan fingerprint density at radius 2 is 2.12 bits per heavy atom. The average Bonchev–Trinajstić information content (AvgIpc) is 2.89. The molecule has 7 N–H and O–H groups in total. The molecule has 0 spiro atoms. The zero-order valence-electron chi connectivity index (χ0n) is 13.5. The molecule has 0 radical (unpaired) electrons. The number of carbonyl (C=O) groups is 1. The third-order valence-electron chi connectivity index (χ3n) is 3.19. The van der Waals surface area contributed by atoms with Crippen LogP contribution in [0.3, 0.4) is 0 Å². The summed E-state index contributed by atoms with van der Waals surface area (Å²) in [4.78, 5) is 33.5. The minimum absolute atomic E-state index is 0. The Morgan fingerprint density at radius 3 is 2.79 bits per heavy atom. The lowest BCUT2D eigenvalue weighted by Gasteiger charge is -2.14. The number of aromatic amines is 1. The predicted molar refractivity (Wildman–Crippen MR) is 85.9 cm³/mol. The van der Waals surface area contributed by atoms with Gasteiger partial charge in [-0.3, -0.25) is 19.1 Å². The van der Waals surface area contributed by atoms with Crippen molar-refractivity contribution in [1.82, 2.24) is 19.5 Å². The van der Waals surface area contributed by atoms with Crippen molar-refractivity contribution in [3.05, 3.63) is 16.7 Å². The highest BCUT2D eigenvalue weighted by atomic mass is 16.6. The van der Waals surface area contributed by atoms with E-state index < -0.39 is 17.6 Å². The van der Waals surface area contributed by atoms with Crippen molar-refractivity contribution < 1.29 is 19.7 Å². The first-order valence-electron chi connectivity index (χ1n) is 7.10. The molecular formula is C13H22N6O5. The number of fused-ring (bicyclic) bond motifs is 1. The van der Waals surface area contributed by atoms with Crippen LogP contribution in [0.15, 0.2) is 11.1 Å². The summed E-state index contributed by atoms with van der Waals surface area (Å²) in [5, 5.41) is 0. The van der Waals surface area contributed by atoms with Crippen molar-refractivity contribution >= 4 is 23.1 Å². The first-order valence-corrected chi connectivity index (χ1v) is 7.10. The molecule has 0 saturated carbocycles. The number of rotatable bonds is 7. The maximum absolute atomic E-state index is 11.6. The van der Waals surface area contributed by atoms with Crippen molar-refractivity contribution in [2.24, 2.45) is 11.7 Å². The first kappa shape index (κ1) is 19.5. The SMILES string of the molecule is CC(C)C(N)C(=O)OCCOCn1cnc2c(=O)[nH]c(N)nc21.O. The Labute approximate surface area is 137 Å². The van der Waals surface area contributed by atoms with Crippen LogP contribution in [0.2, 0.25) is 0 Å². The molecule has 1 unspecified atom stereocenters. The van der Waals surface area contributed by atoms with Gasteiger partial charge in [0.1, 0.15) is 19.4 Å². The molecular weight excluding hydrogens is 320 g/mol. The van der Waals surface area contributed by atoms with Gasteiger partial charge >= 0.3 is 5.97 Å². The van der Waals surface area contributed by atoms with Crippen molar-refractivity contribution in [1.29, 1.82) is 0 Å². The second-order valence-electron chi connectivity index (χ2n) is 5.31. The van der Waals surface area contributed by atoms with Crippen LogP contribution < -0.4 is 17.0 Å². The molecule has 11 nitrogen and oxygen atoms in total. The molecule has 11 heteroatoms. The molecule has 0 bridgehead atoms. The number of nitrogens with zero attached hydrogens (tertiary/aromatic N) is 3. The molecule has 2 aromatic heterocycles. The lowest BCUT2D eigenvalue weighted by molar-refractivity contribution is -0.148. The Bertz CT molecular complexity index is 740. The van der Waals surface area contributed by atoms with Crippen LogP contribution in [0.25, 0.3) is 11.2 Å². The van der Waals surface area contributed by atoms with Gasteiger partial charge < -0.3 is 26.4 Å². The highest BCUT2D eigenvalue weighted by molar-refractivity contribution is 5.75. The van der Waals surface area contributed by atoms with E-state index in [-0.39, 0.29) is 42.8 Å². The first-order chi connectivity index (χ1) is 10.9. The van der Waals surface area contributed by atoms with Crippen LogP contribution in [0.5, 0.6) is 0 Å². The van der Waals surface area contributed by atoms with Crippen LogP contribution in [-0.2, 0) is 21.0 Å². The molecule has 0 aliphatic carbocycles. The van der Waals surface area contributed by atoms with Crippen LogP contribution in [0, 0.1) is 5.92 Å². The molecule has 0 fully saturated rings. The topological polar surface area (TPSA) is 183 Å². The number of H-pyrrole nitrogens is 1. The Balaban J connectivity index is 0.00000288. The van der Waals surface area contributed by atoms with Gasteiger partial charge in [-0.25, -0.2) is 4.98 Å². The molecule has 2 aromatic rings. The van der Waals surface area contributed by atoms with E-state index in [1.165, 1.54) is 10.9 Å². The normalized spacial score (nSPS) is 12.2. The Kier molecular flexibility index (Phi) is 6.82. The van der Waals surface area contributed by atoms with E-state index in [1.54, 1.807) is 0 Å². The standard InChI is InChI=1S/C13H20N6O4.H2O/c1-7(2)8(14)12(21)23-4-3-22-6-19-5-16-9-10(19)17-13(15)18-11(9)20;/h5,7-8H,3-4,6,14H2,1-2H3,(H3,15,17,18,20);1H2. The molecule has 0 aliphatic rings. The third kappa shape index (κ3) is 4.50. The number of ether oxygens (including phenoxy) is 2. The lowest BCUT2D eigenvalue weighted by Crippen LogP contribution is -2.37. The quantitative estimate of drug-likeness (QED) is 0.396. The van der Waals surface area contributed by atoms with Gasteiger partial charge in [0.15, 0.2) is 11.2 Å². The van der Waals surface area contributed by atoms with Gasteiger partial charge in [0.05, 0.1) is 12.9 Å². The van der Waals surface area contributed by atoms with E-state index in [0.29, 0.717) is 5.65 Å². The van der Waals surface area contributed by atoms with Crippen molar-refractivity contribution in [2.75, 3.05) is 18.9 Å².